The second kappa shape index (κ2) is 10.4. The van der Waals surface area contributed by atoms with Crippen LogP contribution in [0, 0.1) is 11.8 Å². The summed E-state index contributed by atoms with van der Waals surface area (Å²) in [7, 11) is 0. The Bertz CT molecular complexity index is 1230. The van der Waals surface area contributed by atoms with Gasteiger partial charge in [0.2, 0.25) is 5.88 Å². The lowest BCUT2D eigenvalue weighted by Crippen LogP contribution is -2.20. The van der Waals surface area contributed by atoms with Crippen molar-refractivity contribution in [3.63, 3.8) is 0 Å². The number of rotatable bonds is 6. The van der Waals surface area contributed by atoms with Crippen molar-refractivity contribution in [3.8, 4) is 29.2 Å². The molecule has 0 saturated heterocycles. The number of hydrogen-bond donors (Lipinski definition) is 1. The zero-order chi connectivity index (χ0) is 22.0. The summed E-state index contributed by atoms with van der Waals surface area (Å²) in [6, 6.07) is 25.3. The maximum atomic E-state index is 12.3. The standard InChI is InChI=1S/C26H19N3O3/c30-25(19-31-23-12-14-24(15-13-23)32-26-9-2-4-17-28-26)29-22-8-5-6-20(18-22)10-11-21-7-1-3-16-27-21/h1-9,12-18H,19H2,(H,29,30). The van der Waals surface area contributed by atoms with Gasteiger partial charge in [-0.2, -0.15) is 0 Å². The molecular weight excluding hydrogens is 402 g/mol. The van der Waals surface area contributed by atoms with Gasteiger partial charge in [0, 0.05) is 29.7 Å². The summed E-state index contributed by atoms with van der Waals surface area (Å²) < 4.78 is 11.2. The van der Waals surface area contributed by atoms with E-state index in [0.29, 0.717) is 28.8 Å². The summed E-state index contributed by atoms with van der Waals surface area (Å²) in [5, 5.41) is 2.81. The van der Waals surface area contributed by atoms with E-state index < -0.39 is 0 Å². The normalized spacial score (nSPS) is 9.88. The highest BCUT2D eigenvalue weighted by molar-refractivity contribution is 5.92. The number of nitrogens with zero attached hydrogens (tertiary/aromatic N) is 2. The topological polar surface area (TPSA) is 73.3 Å². The summed E-state index contributed by atoms with van der Waals surface area (Å²) in [6.07, 6.45) is 3.36. The van der Waals surface area contributed by atoms with E-state index in [1.165, 1.54) is 0 Å². The zero-order valence-electron chi connectivity index (χ0n) is 17.1. The van der Waals surface area contributed by atoms with Gasteiger partial charge in [-0.05, 0) is 66.6 Å². The lowest BCUT2D eigenvalue weighted by molar-refractivity contribution is -0.118. The average molecular weight is 421 g/mol. The monoisotopic (exact) mass is 421 g/mol. The zero-order valence-corrected chi connectivity index (χ0v) is 17.1. The molecular formula is C26H19N3O3. The molecule has 0 radical (unpaired) electrons. The molecule has 0 unspecified atom stereocenters. The number of carbonyl (C=O) groups excluding carboxylic acids is 1. The number of benzene rings is 2. The molecule has 2 heterocycles. The van der Waals surface area contributed by atoms with E-state index in [0.717, 1.165) is 5.56 Å². The molecule has 0 spiro atoms. The number of pyridine rings is 2. The summed E-state index contributed by atoms with van der Waals surface area (Å²) >= 11 is 0. The smallest absolute Gasteiger partial charge is 0.262 e. The van der Waals surface area contributed by atoms with Crippen LogP contribution in [0.15, 0.2) is 97.3 Å². The van der Waals surface area contributed by atoms with E-state index in [9.17, 15) is 4.79 Å². The van der Waals surface area contributed by atoms with Crippen molar-refractivity contribution in [1.82, 2.24) is 9.97 Å². The number of anilines is 1. The summed E-state index contributed by atoms with van der Waals surface area (Å²) in [5.41, 5.74) is 2.11. The lowest BCUT2D eigenvalue weighted by atomic mass is 10.2. The van der Waals surface area contributed by atoms with Crippen LogP contribution < -0.4 is 14.8 Å². The van der Waals surface area contributed by atoms with Crippen LogP contribution >= 0.6 is 0 Å². The number of nitrogens with one attached hydrogen (secondary N) is 1. The Hall–Kier alpha value is -4.63. The predicted octanol–water partition coefficient (Wildman–Crippen LogP) is 4.69. The summed E-state index contributed by atoms with van der Waals surface area (Å²) in [5.74, 6) is 7.46. The van der Waals surface area contributed by atoms with Gasteiger partial charge < -0.3 is 14.8 Å². The lowest BCUT2D eigenvalue weighted by Gasteiger charge is -2.09. The molecule has 0 aliphatic rings. The first-order valence-electron chi connectivity index (χ1n) is 9.89. The van der Waals surface area contributed by atoms with Crippen LogP contribution in [0.3, 0.4) is 0 Å². The molecule has 2 aromatic heterocycles. The Morgan fingerprint density at radius 3 is 2.34 bits per heavy atom. The minimum atomic E-state index is -0.270. The number of amides is 1. The quantitative estimate of drug-likeness (QED) is 0.458. The van der Waals surface area contributed by atoms with Crippen LogP contribution in [-0.4, -0.2) is 22.5 Å². The van der Waals surface area contributed by atoms with Crippen molar-refractivity contribution in [3.05, 3.63) is 109 Å². The van der Waals surface area contributed by atoms with Crippen molar-refractivity contribution in [2.75, 3.05) is 11.9 Å². The van der Waals surface area contributed by atoms with E-state index in [2.05, 4.69) is 27.1 Å². The molecule has 0 bridgehead atoms. The van der Waals surface area contributed by atoms with Crippen molar-refractivity contribution in [2.45, 2.75) is 0 Å². The number of ether oxygens (including phenoxy) is 2. The minimum Gasteiger partial charge on any atom is -0.484 e. The van der Waals surface area contributed by atoms with Crippen LogP contribution in [0.2, 0.25) is 0 Å². The van der Waals surface area contributed by atoms with Gasteiger partial charge in [0.15, 0.2) is 6.61 Å². The van der Waals surface area contributed by atoms with Gasteiger partial charge in [0.25, 0.3) is 5.91 Å². The van der Waals surface area contributed by atoms with Crippen LogP contribution in [0.25, 0.3) is 0 Å². The molecule has 1 N–H and O–H groups in total. The van der Waals surface area contributed by atoms with Crippen LogP contribution in [-0.2, 0) is 4.79 Å². The third-order valence-electron chi connectivity index (χ3n) is 4.20. The molecule has 0 saturated carbocycles. The molecule has 0 aliphatic heterocycles. The second-order valence-corrected chi connectivity index (χ2v) is 6.62. The number of hydrogen-bond acceptors (Lipinski definition) is 5. The fraction of sp³-hybridized carbons (Fsp3) is 0.0385. The van der Waals surface area contributed by atoms with Crippen LogP contribution in [0.4, 0.5) is 5.69 Å². The van der Waals surface area contributed by atoms with Gasteiger partial charge in [0.05, 0.1) is 0 Å². The highest BCUT2D eigenvalue weighted by atomic mass is 16.5. The Labute approximate surface area is 185 Å². The molecule has 4 rings (SSSR count). The van der Waals surface area contributed by atoms with Crippen LogP contribution in [0.5, 0.6) is 17.4 Å². The van der Waals surface area contributed by atoms with Gasteiger partial charge in [-0.15, -0.1) is 0 Å². The molecule has 6 heteroatoms. The van der Waals surface area contributed by atoms with Gasteiger partial charge >= 0.3 is 0 Å². The molecule has 2 aromatic carbocycles. The Balaban J connectivity index is 1.29. The maximum absolute atomic E-state index is 12.3. The van der Waals surface area contributed by atoms with E-state index in [1.54, 1.807) is 54.9 Å². The Morgan fingerprint density at radius 1 is 0.812 bits per heavy atom. The molecule has 156 valence electrons. The molecule has 0 aliphatic carbocycles. The molecule has 32 heavy (non-hydrogen) atoms. The molecule has 1 amide bonds. The third-order valence-corrected chi connectivity index (χ3v) is 4.20. The van der Waals surface area contributed by atoms with E-state index in [4.69, 9.17) is 9.47 Å². The van der Waals surface area contributed by atoms with E-state index in [-0.39, 0.29) is 12.5 Å². The fourth-order valence-electron chi connectivity index (χ4n) is 2.73. The Kier molecular flexibility index (Phi) is 6.72. The van der Waals surface area contributed by atoms with Gasteiger partial charge in [-0.3, -0.25) is 4.79 Å². The highest BCUT2D eigenvalue weighted by Gasteiger charge is 2.05. The highest BCUT2D eigenvalue weighted by Crippen LogP contribution is 2.22. The Morgan fingerprint density at radius 2 is 1.59 bits per heavy atom. The predicted molar refractivity (Wildman–Crippen MR) is 122 cm³/mol. The third kappa shape index (κ3) is 6.18. The minimum absolute atomic E-state index is 0.121. The van der Waals surface area contributed by atoms with Gasteiger partial charge in [-0.1, -0.05) is 24.1 Å². The van der Waals surface area contributed by atoms with E-state index >= 15 is 0 Å². The number of aromatic nitrogens is 2. The molecule has 0 fully saturated rings. The van der Waals surface area contributed by atoms with Crippen molar-refractivity contribution < 1.29 is 14.3 Å². The van der Waals surface area contributed by atoms with Crippen molar-refractivity contribution in [2.24, 2.45) is 0 Å². The molecule has 6 nitrogen and oxygen atoms in total. The molecule has 4 aromatic rings. The summed E-state index contributed by atoms with van der Waals surface area (Å²) in [4.78, 5) is 20.6. The second-order valence-electron chi connectivity index (χ2n) is 6.62. The first-order valence-corrected chi connectivity index (χ1v) is 9.89. The van der Waals surface area contributed by atoms with Crippen molar-refractivity contribution in [1.29, 1.82) is 0 Å². The fourth-order valence-corrected chi connectivity index (χ4v) is 2.73. The maximum Gasteiger partial charge on any atom is 0.262 e. The summed E-state index contributed by atoms with van der Waals surface area (Å²) in [6.45, 7) is -0.121. The van der Waals surface area contributed by atoms with Gasteiger partial charge in [-0.25, -0.2) is 9.97 Å². The van der Waals surface area contributed by atoms with Crippen LogP contribution in [0.1, 0.15) is 11.3 Å². The first kappa shape index (κ1) is 20.6. The molecule has 0 atom stereocenters. The van der Waals surface area contributed by atoms with Crippen molar-refractivity contribution >= 4 is 11.6 Å². The van der Waals surface area contributed by atoms with E-state index in [1.807, 2.05) is 42.5 Å². The first-order chi connectivity index (χ1) is 15.7. The SMILES string of the molecule is O=C(COc1ccc(Oc2ccccn2)cc1)Nc1cccc(C#Cc2ccccn2)c1. The number of carbonyl (C=O) groups is 1. The van der Waals surface area contributed by atoms with Gasteiger partial charge in [0.1, 0.15) is 17.2 Å². The average Bonchev–Trinajstić information content (AvgIpc) is 2.84. The largest absolute Gasteiger partial charge is 0.484 e.